The highest BCUT2D eigenvalue weighted by Crippen LogP contribution is 2.21. The molecular weight excluding hydrogens is 438 g/mol. The highest BCUT2D eigenvalue weighted by atomic mass is 32.2. The highest BCUT2D eigenvalue weighted by Gasteiger charge is 2.27. The number of hydrogen-bond acceptors (Lipinski definition) is 6. The molecule has 1 heterocycles. The lowest BCUT2D eigenvalue weighted by molar-refractivity contribution is 0.384. The molecule has 0 amide bonds. The summed E-state index contributed by atoms with van der Waals surface area (Å²) >= 11 is 0. The molecule has 1 aliphatic rings. The van der Waals surface area contributed by atoms with Crippen LogP contribution in [0.1, 0.15) is 11.1 Å². The number of benzene rings is 2. The Hall–Kier alpha value is -2.14. The highest BCUT2D eigenvalue weighted by molar-refractivity contribution is 7.90. The number of methoxy groups -OCH3 is 1. The molecule has 1 fully saturated rings. The molecule has 0 saturated carbocycles. The van der Waals surface area contributed by atoms with Gasteiger partial charge in [0.25, 0.3) is 0 Å². The molecule has 8 nitrogen and oxygen atoms in total. The summed E-state index contributed by atoms with van der Waals surface area (Å²) in [6.07, 6.45) is 0. The molecule has 0 radical (unpaired) electrons. The molecule has 31 heavy (non-hydrogen) atoms. The van der Waals surface area contributed by atoms with Gasteiger partial charge in [0.15, 0.2) is 0 Å². The van der Waals surface area contributed by atoms with E-state index in [-0.39, 0.29) is 17.2 Å². The topological polar surface area (TPSA) is 96.0 Å². The standard InChI is InChI=1S/C21H29N3O5S2/c1-17-4-5-18(2)21(16-17)31(27,28)22-10-15-30(25,26)24-13-11-23(12-14-24)19-6-8-20(29-3)9-7-19/h4-9,16,22H,10-15H2,1-3H3. The Morgan fingerprint density at radius 1 is 0.935 bits per heavy atom. The van der Waals surface area contributed by atoms with Crippen molar-refractivity contribution >= 4 is 25.7 Å². The fourth-order valence-electron chi connectivity index (χ4n) is 3.53. The number of rotatable bonds is 8. The minimum atomic E-state index is -3.77. The Kier molecular flexibility index (Phi) is 7.25. The van der Waals surface area contributed by atoms with Crippen molar-refractivity contribution in [3.63, 3.8) is 0 Å². The van der Waals surface area contributed by atoms with Gasteiger partial charge in [-0.2, -0.15) is 4.31 Å². The number of piperazine rings is 1. The zero-order valence-corrected chi connectivity index (χ0v) is 19.7. The van der Waals surface area contributed by atoms with Crippen LogP contribution < -0.4 is 14.4 Å². The summed E-state index contributed by atoms with van der Waals surface area (Å²) in [4.78, 5) is 2.30. The molecule has 1 N–H and O–H groups in total. The molecule has 0 bridgehead atoms. The van der Waals surface area contributed by atoms with Crippen LogP contribution in [-0.2, 0) is 20.0 Å². The predicted octanol–water partition coefficient (Wildman–Crippen LogP) is 1.74. The molecule has 2 aromatic carbocycles. The van der Waals surface area contributed by atoms with E-state index in [1.165, 1.54) is 4.31 Å². The normalized spacial score (nSPS) is 15.8. The van der Waals surface area contributed by atoms with E-state index in [0.717, 1.165) is 17.0 Å². The molecule has 1 saturated heterocycles. The fourth-order valence-corrected chi connectivity index (χ4v) is 6.35. The van der Waals surface area contributed by atoms with Crippen molar-refractivity contribution in [1.82, 2.24) is 9.03 Å². The lowest BCUT2D eigenvalue weighted by atomic mass is 10.2. The lowest BCUT2D eigenvalue weighted by Gasteiger charge is -2.35. The SMILES string of the molecule is COc1ccc(N2CCN(S(=O)(=O)CCNS(=O)(=O)c3cc(C)ccc3C)CC2)cc1. The molecule has 0 aromatic heterocycles. The number of aryl methyl sites for hydroxylation is 2. The van der Waals surface area contributed by atoms with Crippen LogP contribution in [0.3, 0.4) is 0 Å². The molecule has 3 rings (SSSR count). The first kappa shape index (κ1) is 23.5. The summed E-state index contributed by atoms with van der Waals surface area (Å²) in [5.74, 6) is 0.493. The van der Waals surface area contributed by atoms with Gasteiger partial charge in [-0.1, -0.05) is 12.1 Å². The third-order valence-corrected chi connectivity index (χ3v) is 8.83. The second kappa shape index (κ2) is 9.56. The van der Waals surface area contributed by atoms with E-state index >= 15 is 0 Å². The minimum absolute atomic E-state index is 0.170. The van der Waals surface area contributed by atoms with E-state index in [2.05, 4.69) is 9.62 Å². The van der Waals surface area contributed by atoms with Gasteiger partial charge in [0.05, 0.1) is 17.8 Å². The fraction of sp³-hybridized carbons (Fsp3) is 0.429. The largest absolute Gasteiger partial charge is 0.497 e. The average Bonchev–Trinajstić information content (AvgIpc) is 2.75. The zero-order valence-electron chi connectivity index (χ0n) is 18.0. The number of sulfonamides is 2. The summed E-state index contributed by atoms with van der Waals surface area (Å²) in [6.45, 7) is 5.22. The summed E-state index contributed by atoms with van der Waals surface area (Å²) in [5.41, 5.74) is 2.46. The number of anilines is 1. The molecule has 0 aliphatic carbocycles. The summed E-state index contributed by atoms with van der Waals surface area (Å²) in [6, 6.07) is 12.8. The van der Waals surface area contributed by atoms with Crippen molar-refractivity contribution < 1.29 is 21.6 Å². The Bertz CT molecular complexity index is 1110. The molecular formula is C21H29N3O5S2. The van der Waals surface area contributed by atoms with Gasteiger partial charge in [-0.3, -0.25) is 0 Å². The van der Waals surface area contributed by atoms with Gasteiger partial charge in [-0.15, -0.1) is 0 Å². The van der Waals surface area contributed by atoms with Crippen LogP contribution in [0.2, 0.25) is 0 Å². The monoisotopic (exact) mass is 467 g/mol. The summed E-state index contributed by atoms with van der Waals surface area (Å²) in [5, 5.41) is 0. The maximum absolute atomic E-state index is 12.7. The first-order valence-corrected chi connectivity index (χ1v) is 13.2. The molecule has 0 spiro atoms. The second-order valence-electron chi connectivity index (χ2n) is 7.57. The molecule has 170 valence electrons. The van der Waals surface area contributed by atoms with Gasteiger partial charge in [0.1, 0.15) is 5.75 Å². The van der Waals surface area contributed by atoms with Gasteiger partial charge in [-0.05, 0) is 55.3 Å². The lowest BCUT2D eigenvalue weighted by Crippen LogP contribution is -2.50. The Morgan fingerprint density at radius 3 is 2.19 bits per heavy atom. The quantitative estimate of drug-likeness (QED) is 0.635. The number of hydrogen-bond donors (Lipinski definition) is 1. The maximum Gasteiger partial charge on any atom is 0.240 e. The third-order valence-electron chi connectivity index (χ3n) is 5.35. The van der Waals surface area contributed by atoms with Gasteiger partial charge in [0.2, 0.25) is 20.0 Å². The van der Waals surface area contributed by atoms with Crippen LogP contribution in [-0.4, -0.2) is 66.7 Å². The van der Waals surface area contributed by atoms with Crippen LogP contribution >= 0.6 is 0 Å². The maximum atomic E-state index is 12.7. The van der Waals surface area contributed by atoms with Crippen molar-refractivity contribution in [2.45, 2.75) is 18.7 Å². The van der Waals surface area contributed by atoms with E-state index in [1.807, 2.05) is 37.3 Å². The average molecular weight is 468 g/mol. The van der Waals surface area contributed by atoms with Gasteiger partial charge in [-0.25, -0.2) is 21.6 Å². The Labute approximate surface area is 184 Å². The third kappa shape index (κ3) is 5.76. The van der Waals surface area contributed by atoms with Crippen molar-refractivity contribution in [2.75, 3.05) is 50.5 Å². The van der Waals surface area contributed by atoms with Crippen LogP contribution in [0.4, 0.5) is 5.69 Å². The number of nitrogens with one attached hydrogen (secondary N) is 1. The van der Waals surface area contributed by atoms with E-state index < -0.39 is 20.0 Å². The minimum Gasteiger partial charge on any atom is -0.497 e. The Balaban J connectivity index is 1.55. The first-order valence-electron chi connectivity index (χ1n) is 10.1. The van der Waals surface area contributed by atoms with Crippen molar-refractivity contribution in [3.05, 3.63) is 53.6 Å². The van der Waals surface area contributed by atoms with Crippen LogP contribution in [0.25, 0.3) is 0 Å². The van der Waals surface area contributed by atoms with E-state index in [1.54, 1.807) is 26.2 Å². The zero-order chi connectivity index (χ0) is 22.6. The number of nitrogens with zero attached hydrogens (tertiary/aromatic N) is 2. The molecule has 2 aromatic rings. The first-order chi connectivity index (χ1) is 14.6. The second-order valence-corrected chi connectivity index (χ2v) is 11.4. The predicted molar refractivity (Wildman–Crippen MR) is 122 cm³/mol. The Morgan fingerprint density at radius 2 is 1.58 bits per heavy atom. The van der Waals surface area contributed by atoms with Crippen LogP contribution in [0.15, 0.2) is 47.4 Å². The molecule has 0 unspecified atom stereocenters. The van der Waals surface area contributed by atoms with Gasteiger partial charge >= 0.3 is 0 Å². The van der Waals surface area contributed by atoms with Crippen molar-refractivity contribution in [2.24, 2.45) is 0 Å². The van der Waals surface area contributed by atoms with Crippen LogP contribution in [0, 0.1) is 13.8 Å². The van der Waals surface area contributed by atoms with E-state index in [0.29, 0.717) is 31.7 Å². The molecule has 10 heteroatoms. The van der Waals surface area contributed by atoms with Crippen molar-refractivity contribution in [1.29, 1.82) is 0 Å². The van der Waals surface area contributed by atoms with Crippen molar-refractivity contribution in [3.8, 4) is 5.75 Å². The van der Waals surface area contributed by atoms with E-state index in [9.17, 15) is 16.8 Å². The summed E-state index contributed by atoms with van der Waals surface area (Å²) in [7, 11) is -5.72. The molecule has 1 aliphatic heterocycles. The smallest absolute Gasteiger partial charge is 0.240 e. The van der Waals surface area contributed by atoms with Gasteiger partial charge < -0.3 is 9.64 Å². The van der Waals surface area contributed by atoms with Gasteiger partial charge in [0, 0.05) is 38.4 Å². The van der Waals surface area contributed by atoms with E-state index in [4.69, 9.17) is 4.74 Å². The molecule has 0 atom stereocenters. The number of ether oxygens (including phenoxy) is 1. The summed E-state index contributed by atoms with van der Waals surface area (Å²) < 4.78 is 59.6. The van der Waals surface area contributed by atoms with Crippen LogP contribution in [0.5, 0.6) is 5.75 Å².